The van der Waals surface area contributed by atoms with Crippen LogP contribution in [-0.4, -0.2) is 7.11 Å². The molecule has 2 aromatic carbocycles. The van der Waals surface area contributed by atoms with Crippen LogP contribution in [0.4, 0.5) is 0 Å². The molecule has 0 saturated carbocycles. The van der Waals surface area contributed by atoms with Crippen molar-refractivity contribution in [2.45, 2.75) is 11.8 Å². The molecule has 0 aliphatic heterocycles. The van der Waals surface area contributed by atoms with Gasteiger partial charge in [0.25, 0.3) is 0 Å². The van der Waals surface area contributed by atoms with Crippen molar-refractivity contribution >= 4 is 39.1 Å². The summed E-state index contributed by atoms with van der Waals surface area (Å²) in [6, 6.07) is 11.6. The van der Waals surface area contributed by atoms with Crippen LogP contribution in [0.5, 0.6) is 5.75 Å². The second kappa shape index (κ2) is 6.17. The highest BCUT2D eigenvalue weighted by Crippen LogP contribution is 2.39. The summed E-state index contributed by atoms with van der Waals surface area (Å²) in [5.74, 6) is 0.739. The second-order valence-corrected chi connectivity index (χ2v) is 6.01. The fraction of sp³-hybridized carbons (Fsp3) is 0.200. The van der Waals surface area contributed by atoms with Gasteiger partial charge in [-0.15, -0.1) is 0 Å². The molecule has 0 aliphatic rings. The molecule has 19 heavy (non-hydrogen) atoms. The Kier molecular flexibility index (Phi) is 4.77. The molecule has 1 unspecified atom stereocenters. The van der Waals surface area contributed by atoms with Gasteiger partial charge in [-0.3, -0.25) is 0 Å². The largest absolute Gasteiger partial charge is 0.497 e. The Morgan fingerprint density at radius 3 is 2.11 bits per heavy atom. The number of halogens is 3. The average molecular weight is 360 g/mol. The summed E-state index contributed by atoms with van der Waals surface area (Å²) in [5, 5.41) is 1.38. The fourth-order valence-corrected chi connectivity index (χ4v) is 3.53. The normalized spacial score (nSPS) is 12.3. The topological polar surface area (TPSA) is 9.23 Å². The molecular formula is C15H13BrCl2O. The van der Waals surface area contributed by atoms with Gasteiger partial charge in [-0.05, 0) is 41.8 Å². The molecular weight excluding hydrogens is 347 g/mol. The molecule has 2 rings (SSSR count). The summed E-state index contributed by atoms with van der Waals surface area (Å²) in [6.45, 7) is 2.01. The van der Waals surface area contributed by atoms with E-state index in [1.165, 1.54) is 0 Å². The number of ether oxygens (including phenoxy) is 1. The van der Waals surface area contributed by atoms with Gasteiger partial charge in [-0.2, -0.15) is 0 Å². The van der Waals surface area contributed by atoms with Gasteiger partial charge in [0.15, 0.2) is 0 Å². The summed E-state index contributed by atoms with van der Waals surface area (Å²) in [5.41, 5.74) is 3.10. The number of aryl methyl sites for hydroxylation is 1. The van der Waals surface area contributed by atoms with Crippen molar-refractivity contribution in [3.05, 3.63) is 63.1 Å². The van der Waals surface area contributed by atoms with Gasteiger partial charge in [0.1, 0.15) is 5.75 Å². The Bertz CT molecular complexity index is 599. The zero-order chi connectivity index (χ0) is 14.0. The van der Waals surface area contributed by atoms with Crippen molar-refractivity contribution in [2.24, 2.45) is 0 Å². The fourth-order valence-electron chi connectivity index (χ4n) is 1.85. The van der Waals surface area contributed by atoms with E-state index >= 15 is 0 Å². The Labute approximate surface area is 131 Å². The third-order valence-electron chi connectivity index (χ3n) is 2.91. The Hall–Kier alpha value is -0.700. The van der Waals surface area contributed by atoms with E-state index in [9.17, 15) is 0 Å². The van der Waals surface area contributed by atoms with Crippen LogP contribution in [0.25, 0.3) is 0 Å². The molecule has 100 valence electrons. The lowest BCUT2D eigenvalue weighted by atomic mass is 10.0. The van der Waals surface area contributed by atoms with Crippen LogP contribution in [0, 0.1) is 6.92 Å². The van der Waals surface area contributed by atoms with E-state index in [0.717, 1.165) is 27.5 Å². The summed E-state index contributed by atoms with van der Waals surface area (Å²) in [7, 11) is 1.62. The maximum Gasteiger partial charge on any atom is 0.120 e. The SMILES string of the molecule is COc1ccc(C(Br)c2ccc(C)cc2Cl)c(Cl)c1. The molecule has 0 N–H and O–H groups in total. The third kappa shape index (κ3) is 3.25. The molecule has 0 amide bonds. The minimum atomic E-state index is -0.0426. The predicted molar refractivity (Wildman–Crippen MR) is 85.0 cm³/mol. The zero-order valence-electron chi connectivity index (χ0n) is 10.6. The van der Waals surface area contributed by atoms with Crippen LogP contribution in [0.3, 0.4) is 0 Å². The summed E-state index contributed by atoms with van der Waals surface area (Å²) in [4.78, 5) is -0.0426. The number of alkyl halides is 1. The molecule has 0 aromatic heterocycles. The average Bonchev–Trinajstić information content (AvgIpc) is 2.37. The maximum absolute atomic E-state index is 6.29. The van der Waals surface area contributed by atoms with Gasteiger partial charge in [-0.25, -0.2) is 0 Å². The predicted octanol–water partition coefficient (Wildman–Crippen LogP) is 5.79. The van der Waals surface area contributed by atoms with E-state index in [1.54, 1.807) is 13.2 Å². The highest BCUT2D eigenvalue weighted by molar-refractivity contribution is 9.09. The highest BCUT2D eigenvalue weighted by atomic mass is 79.9. The van der Waals surface area contributed by atoms with Gasteiger partial charge < -0.3 is 4.74 Å². The van der Waals surface area contributed by atoms with Gasteiger partial charge in [-0.1, -0.05) is 57.3 Å². The van der Waals surface area contributed by atoms with Crippen LogP contribution in [0.15, 0.2) is 36.4 Å². The van der Waals surface area contributed by atoms with Crippen LogP contribution in [0.2, 0.25) is 10.0 Å². The third-order valence-corrected chi connectivity index (χ3v) is 4.55. The molecule has 0 radical (unpaired) electrons. The molecule has 0 heterocycles. The lowest BCUT2D eigenvalue weighted by Crippen LogP contribution is -1.96. The standard InChI is InChI=1S/C15H13BrCl2O/c1-9-3-5-11(13(17)7-9)15(16)12-6-4-10(19-2)8-14(12)18/h3-8,15H,1-2H3. The smallest absolute Gasteiger partial charge is 0.120 e. The van der Waals surface area contributed by atoms with Crippen molar-refractivity contribution in [3.8, 4) is 5.75 Å². The lowest BCUT2D eigenvalue weighted by molar-refractivity contribution is 0.414. The molecule has 1 atom stereocenters. The lowest BCUT2D eigenvalue weighted by Gasteiger charge is -2.15. The molecule has 0 aliphatic carbocycles. The summed E-state index contributed by atoms with van der Waals surface area (Å²) in [6.07, 6.45) is 0. The first-order chi connectivity index (χ1) is 9.02. The van der Waals surface area contributed by atoms with Gasteiger partial charge in [0, 0.05) is 10.0 Å². The molecule has 0 fully saturated rings. The van der Waals surface area contributed by atoms with Crippen LogP contribution in [0.1, 0.15) is 21.5 Å². The Morgan fingerprint density at radius 1 is 1.00 bits per heavy atom. The van der Waals surface area contributed by atoms with Crippen molar-refractivity contribution in [1.82, 2.24) is 0 Å². The second-order valence-electron chi connectivity index (χ2n) is 4.27. The minimum absolute atomic E-state index is 0.0426. The first kappa shape index (κ1) is 14.7. The van der Waals surface area contributed by atoms with Gasteiger partial charge in [0.05, 0.1) is 11.9 Å². The van der Waals surface area contributed by atoms with Crippen LogP contribution < -0.4 is 4.74 Å². The summed E-state index contributed by atoms with van der Waals surface area (Å²) < 4.78 is 5.15. The first-order valence-electron chi connectivity index (χ1n) is 5.76. The minimum Gasteiger partial charge on any atom is -0.497 e. The number of hydrogen-bond donors (Lipinski definition) is 0. The van der Waals surface area contributed by atoms with Gasteiger partial charge in [0.2, 0.25) is 0 Å². The van der Waals surface area contributed by atoms with Crippen molar-refractivity contribution < 1.29 is 4.74 Å². The van der Waals surface area contributed by atoms with Crippen molar-refractivity contribution in [1.29, 1.82) is 0 Å². The molecule has 2 aromatic rings. The highest BCUT2D eigenvalue weighted by Gasteiger charge is 2.17. The van der Waals surface area contributed by atoms with E-state index in [-0.39, 0.29) is 4.83 Å². The molecule has 0 saturated heterocycles. The van der Waals surface area contributed by atoms with E-state index in [0.29, 0.717) is 5.02 Å². The number of benzene rings is 2. The van der Waals surface area contributed by atoms with Gasteiger partial charge >= 0.3 is 0 Å². The van der Waals surface area contributed by atoms with E-state index in [2.05, 4.69) is 15.9 Å². The number of rotatable bonds is 3. The molecule has 0 spiro atoms. The number of methoxy groups -OCH3 is 1. The quantitative estimate of drug-likeness (QED) is 0.629. The van der Waals surface area contributed by atoms with Crippen molar-refractivity contribution in [2.75, 3.05) is 7.11 Å². The first-order valence-corrected chi connectivity index (χ1v) is 7.43. The van der Waals surface area contributed by atoms with E-state index < -0.39 is 0 Å². The van der Waals surface area contributed by atoms with E-state index in [4.69, 9.17) is 27.9 Å². The van der Waals surface area contributed by atoms with Crippen molar-refractivity contribution in [3.63, 3.8) is 0 Å². The zero-order valence-corrected chi connectivity index (χ0v) is 13.7. The maximum atomic E-state index is 6.29. The molecule has 0 bridgehead atoms. The monoisotopic (exact) mass is 358 g/mol. The molecule has 4 heteroatoms. The van der Waals surface area contributed by atoms with Crippen LogP contribution in [-0.2, 0) is 0 Å². The van der Waals surface area contributed by atoms with E-state index in [1.807, 2.05) is 37.3 Å². The Balaban J connectivity index is 2.41. The molecule has 1 nitrogen and oxygen atoms in total. The Morgan fingerprint density at radius 2 is 1.58 bits per heavy atom. The summed E-state index contributed by atoms with van der Waals surface area (Å²) >= 11 is 16.2. The van der Waals surface area contributed by atoms with Crippen LogP contribution >= 0.6 is 39.1 Å². The number of hydrogen-bond acceptors (Lipinski definition) is 1.